The monoisotopic (exact) mass is 344 g/mol. The molecule has 1 aromatic carbocycles. The van der Waals surface area contributed by atoms with Gasteiger partial charge in [0.15, 0.2) is 0 Å². The number of aliphatic hydroxyl groups is 1. The second-order valence-corrected chi connectivity index (χ2v) is 6.96. The molecule has 0 aliphatic rings. The minimum absolute atomic E-state index is 0.195. The van der Waals surface area contributed by atoms with Gasteiger partial charge in [0.2, 0.25) is 0 Å². The summed E-state index contributed by atoms with van der Waals surface area (Å²) in [6.07, 6.45) is 5.70. The van der Waals surface area contributed by atoms with Crippen molar-refractivity contribution in [3.8, 4) is 0 Å². The van der Waals surface area contributed by atoms with Crippen LogP contribution in [0.4, 0.5) is 0 Å². The van der Waals surface area contributed by atoms with Crippen LogP contribution in [0.25, 0.3) is 0 Å². The van der Waals surface area contributed by atoms with Crippen molar-refractivity contribution in [1.29, 1.82) is 0 Å². The molecule has 1 rings (SSSR count). The van der Waals surface area contributed by atoms with Gasteiger partial charge in [-0.25, -0.2) is 0 Å². The molecule has 0 radical (unpaired) electrons. The van der Waals surface area contributed by atoms with Crippen molar-refractivity contribution >= 4 is 27.7 Å². The summed E-state index contributed by atoms with van der Waals surface area (Å²) >= 11 is 5.28. The number of hydrogen-bond acceptors (Lipinski definition) is 2. The molecule has 0 aliphatic carbocycles. The Bertz CT molecular complexity index is 356. The molecule has 19 heavy (non-hydrogen) atoms. The fourth-order valence-corrected chi connectivity index (χ4v) is 3.70. The van der Waals surface area contributed by atoms with Crippen molar-refractivity contribution in [2.45, 2.75) is 57.0 Å². The lowest BCUT2D eigenvalue weighted by molar-refractivity contribution is 0.159. The van der Waals surface area contributed by atoms with E-state index in [1.165, 1.54) is 30.6 Å². The van der Waals surface area contributed by atoms with Crippen LogP contribution in [-0.4, -0.2) is 17.0 Å². The first-order valence-corrected chi connectivity index (χ1v) is 9.00. The van der Waals surface area contributed by atoms with Crippen molar-refractivity contribution in [1.82, 2.24) is 0 Å². The molecule has 1 aromatic rings. The van der Waals surface area contributed by atoms with Crippen molar-refractivity contribution in [2.75, 3.05) is 5.75 Å². The Kier molecular flexibility index (Phi) is 8.84. The van der Waals surface area contributed by atoms with Gasteiger partial charge < -0.3 is 5.11 Å². The zero-order valence-electron chi connectivity index (χ0n) is 11.9. The predicted molar refractivity (Wildman–Crippen MR) is 88.8 cm³/mol. The van der Waals surface area contributed by atoms with Crippen molar-refractivity contribution < 1.29 is 5.11 Å². The number of aliphatic hydroxyl groups excluding tert-OH is 1. The fourth-order valence-electron chi connectivity index (χ4n) is 2.18. The average Bonchev–Trinajstić information content (AvgIpc) is 2.42. The second-order valence-electron chi connectivity index (χ2n) is 5.05. The Labute approximate surface area is 130 Å². The number of rotatable bonds is 9. The van der Waals surface area contributed by atoms with Crippen molar-refractivity contribution in [3.63, 3.8) is 0 Å². The lowest BCUT2D eigenvalue weighted by Gasteiger charge is -2.18. The summed E-state index contributed by atoms with van der Waals surface area (Å²) in [6.45, 7) is 4.46. The number of thioether (sulfide) groups is 1. The summed E-state index contributed by atoms with van der Waals surface area (Å²) in [4.78, 5) is 1.21. The highest BCUT2D eigenvalue weighted by molar-refractivity contribution is 9.10. The molecular weight excluding hydrogens is 320 g/mol. The van der Waals surface area contributed by atoms with Gasteiger partial charge in [0.25, 0.3) is 0 Å². The highest BCUT2D eigenvalue weighted by Crippen LogP contribution is 2.29. The standard InChI is InChI=1S/C16H25BrOS/c1-3-5-8-13(4-2)11-14(18)12-19-16-10-7-6-9-15(16)17/h6-7,9-10,13-14,18H,3-5,8,11-12H2,1-2H3. The molecule has 1 nitrogen and oxygen atoms in total. The van der Waals surface area contributed by atoms with E-state index >= 15 is 0 Å². The summed E-state index contributed by atoms with van der Waals surface area (Å²) < 4.78 is 1.12. The third kappa shape index (κ3) is 6.82. The molecule has 0 saturated carbocycles. The highest BCUT2D eigenvalue weighted by Gasteiger charge is 2.13. The number of benzene rings is 1. The third-order valence-electron chi connectivity index (χ3n) is 3.42. The van der Waals surface area contributed by atoms with Crippen LogP contribution in [0.1, 0.15) is 46.0 Å². The molecule has 0 aliphatic heterocycles. The van der Waals surface area contributed by atoms with Crippen LogP contribution in [0, 0.1) is 5.92 Å². The lowest BCUT2D eigenvalue weighted by Crippen LogP contribution is -2.15. The van der Waals surface area contributed by atoms with E-state index in [1.807, 2.05) is 18.2 Å². The van der Waals surface area contributed by atoms with Crippen LogP contribution in [0.3, 0.4) is 0 Å². The van der Waals surface area contributed by atoms with Gasteiger partial charge in [-0.2, -0.15) is 0 Å². The molecule has 0 saturated heterocycles. The molecule has 3 heteroatoms. The molecular formula is C16H25BrOS. The molecule has 0 heterocycles. The minimum atomic E-state index is -0.195. The van der Waals surface area contributed by atoms with E-state index in [2.05, 4.69) is 35.8 Å². The Morgan fingerprint density at radius 2 is 2.00 bits per heavy atom. The second kappa shape index (κ2) is 9.84. The minimum Gasteiger partial charge on any atom is -0.392 e. The summed E-state index contributed by atoms with van der Waals surface area (Å²) in [6, 6.07) is 8.19. The van der Waals surface area contributed by atoms with E-state index in [1.54, 1.807) is 11.8 Å². The maximum atomic E-state index is 10.2. The zero-order valence-corrected chi connectivity index (χ0v) is 14.3. The first kappa shape index (κ1) is 17.1. The van der Waals surface area contributed by atoms with Gasteiger partial charge >= 0.3 is 0 Å². The molecule has 0 bridgehead atoms. The van der Waals surface area contributed by atoms with Crippen LogP contribution in [0.15, 0.2) is 33.6 Å². The van der Waals surface area contributed by atoms with Crippen molar-refractivity contribution in [2.24, 2.45) is 5.92 Å². The van der Waals surface area contributed by atoms with Crippen LogP contribution < -0.4 is 0 Å². The van der Waals surface area contributed by atoms with E-state index in [4.69, 9.17) is 0 Å². The van der Waals surface area contributed by atoms with Crippen LogP contribution in [0.2, 0.25) is 0 Å². The van der Waals surface area contributed by atoms with Gasteiger partial charge in [0.05, 0.1) is 6.10 Å². The quantitative estimate of drug-likeness (QED) is 0.596. The number of halogens is 1. The predicted octanol–water partition coefficient (Wildman–Crippen LogP) is 5.51. The largest absolute Gasteiger partial charge is 0.392 e. The third-order valence-corrected chi connectivity index (χ3v) is 5.59. The van der Waals surface area contributed by atoms with E-state index < -0.39 is 0 Å². The van der Waals surface area contributed by atoms with E-state index in [0.29, 0.717) is 5.92 Å². The maximum Gasteiger partial charge on any atom is 0.0636 e. The van der Waals surface area contributed by atoms with E-state index in [-0.39, 0.29) is 6.10 Å². The lowest BCUT2D eigenvalue weighted by atomic mass is 9.94. The molecule has 1 N–H and O–H groups in total. The average molecular weight is 345 g/mol. The molecule has 2 unspecified atom stereocenters. The number of hydrogen-bond donors (Lipinski definition) is 1. The summed E-state index contributed by atoms with van der Waals surface area (Å²) in [5.41, 5.74) is 0. The van der Waals surface area contributed by atoms with Crippen LogP contribution in [-0.2, 0) is 0 Å². The first-order chi connectivity index (χ1) is 9.17. The SMILES string of the molecule is CCCCC(CC)CC(O)CSc1ccccc1Br. The van der Waals surface area contributed by atoms with Gasteiger partial charge in [-0.3, -0.25) is 0 Å². The Balaban J connectivity index is 2.34. The maximum absolute atomic E-state index is 10.2. The van der Waals surface area contributed by atoms with E-state index in [0.717, 1.165) is 16.6 Å². The van der Waals surface area contributed by atoms with Gasteiger partial charge in [-0.15, -0.1) is 11.8 Å². The van der Waals surface area contributed by atoms with Gasteiger partial charge in [0.1, 0.15) is 0 Å². The summed E-state index contributed by atoms with van der Waals surface area (Å²) in [5.74, 6) is 1.46. The van der Waals surface area contributed by atoms with Gasteiger partial charge in [-0.05, 0) is 40.4 Å². The Morgan fingerprint density at radius 1 is 1.26 bits per heavy atom. The van der Waals surface area contributed by atoms with Gasteiger partial charge in [0, 0.05) is 15.1 Å². The normalized spacial score (nSPS) is 14.3. The van der Waals surface area contributed by atoms with Crippen LogP contribution >= 0.6 is 27.7 Å². The van der Waals surface area contributed by atoms with E-state index in [9.17, 15) is 5.11 Å². The number of unbranched alkanes of at least 4 members (excludes halogenated alkanes) is 1. The summed E-state index contributed by atoms with van der Waals surface area (Å²) in [7, 11) is 0. The zero-order chi connectivity index (χ0) is 14.1. The van der Waals surface area contributed by atoms with Gasteiger partial charge in [-0.1, -0.05) is 51.7 Å². The Hall–Kier alpha value is 0.01000. The Morgan fingerprint density at radius 3 is 2.63 bits per heavy atom. The molecule has 0 aromatic heterocycles. The highest BCUT2D eigenvalue weighted by atomic mass is 79.9. The molecule has 108 valence electrons. The summed E-state index contributed by atoms with van der Waals surface area (Å²) in [5, 5.41) is 10.2. The molecule has 0 amide bonds. The first-order valence-electron chi connectivity index (χ1n) is 7.22. The smallest absolute Gasteiger partial charge is 0.0636 e. The molecule has 0 fully saturated rings. The molecule has 2 atom stereocenters. The van der Waals surface area contributed by atoms with Crippen LogP contribution in [0.5, 0.6) is 0 Å². The molecule has 0 spiro atoms. The topological polar surface area (TPSA) is 20.2 Å². The fraction of sp³-hybridized carbons (Fsp3) is 0.625. The van der Waals surface area contributed by atoms with Crippen molar-refractivity contribution in [3.05, 3.63) is 28.7 Å².